The molecule has 0 fully saturated rings. The minimum atomic E-state index is -0.684. The van der Waals surface area contributed by atoms with Crippen LogP contribution in [0.15, 0.2) is 0 Å². The molecule has 15 heavy (non-hydrogen) atoms. The molecule has 0 rings (SSSR count). The highest BCUT2D eigenvalue weighted by atomic mass is 16.5. The summed E-state index contributed by atoms with van der Waals surface area (Å²) in [6.45, 7) is 9.58. The van der Waals surface area contributed by atoms with Crippen molar-refractivity contribution in [1.29, 1.82) is 0 Å². The summed E-state index contributed by atoms with van der Waals surface area (Å²) in [7, 11) is 0. The van der Waals surface area contributed by atoms with Crippen LogP contribution in [-0.2, 0) is 9.53 Å². The van der Waals surface area contributed by atoms with E-state index in [0.29, 0.717) is 19.4 Å². The van der Waals surface area contributed by atoms with E-state index in [1.165, 1.54) is 0 Å². The summed E-state index contributed by atoms with van der Waals surface area (Å²) in [6, 6.07) is 0. The average Bonchev–Trinajstić information content (AvgIpc) is 1.98. The predicted octanol–water partition coefficient (Wildman–Crippen LogP) is 2.31. The van der Waals surface area contributed by atoms with Gasteiger partial charge >= 0.3 is 0 Å². The Bertz CT molecular complexity index is 201. The SMILES string of the molecule is CC(=O)CCC(C)(C)OCCC(C)(C)O. The fourth-order valence-corrected chi connectivity index (χ4v) is 1.13. The summed E-state index contributed by atoms with van der Waals surface area (Å²) in [5.74, 6) is 0.189. The molecule has 0 amide bonds. The zero-order valence-electron chi connectivity index (χ0n) is 10.6. The predicted molar refractivity (Wildman–Crippen MR) is 60.9 cm³/mol. The fourth-order valence-electron chi connectivity index (χ4n) is 1.13. The van der Waals surface area contributed by atoms with Gasteiger partial charge in [-0.25, -0.2) is 0 Å². The Kier molecular flexibility index (Phi) is 5.46. The van der Waals surface area contributed by atoms with Crippen LogP contribution in [0.1, 0.15) is 53.9 Å². The molecule has 0 heterocycles. The van der Waals surface area contributed by atoms with E-state index in [4.69, 9.17) is 4.74 Å². The first-order valence-electron chi connectivity index (χ1n) is 5.48. The Morgan fingerprint density at radius 2 is 1.73 bits per heavy atom. The van der Waals surface area contributed by atoms with Gasteiger partial charge in [0.1, 0.15) is 5.78 Å². The van der Waals surface area contributed by atoms with E-state index in [1.54, 1.807) is 20.8 Å². The number of carbonyl (C=O) groups excluding carboxylic acids is 1. The Balaban J connectivity index is 3.78. The smallest absolute Gasteiger partial charge is 0.129 e. The van der Waals surface area contributed by atoms with Gasteiger partial charge in [0.25, 0.3) is 0 Å². The average molecular weight is 216 g/mol. The number of Topliss-reactive ketones (excluding diaryl/α,β-unsaturated/α-hetero) is 1. The van der Waals surface area contributed by atoms with E-state index in [-0.39, 0.29) is 11.4 Å². The highest BCUT2D eigenvalue weighted by Crippen LogP contribution is 2.18. The van der Waals surface area contributed by atoms with Crippen LogP contribution in [0.2, 0.25) is 0 Å². The van der Waals surface area contributed by atoms with Gasteiger partial charge in [0.15, 0.2) is 0 Å². The maximum Gasteiger partial charge on any atom is 0.129 e. The summed E-state index contributed by atoms with van der Waals surface area (Å²) in [5.41, 5.74) is -0.965. The molecule has 0 atom stereocenters. The van der Waals surface area contributed by atoms with Crippen molar-refractivity contribution in [2.45, 2.75) is 65.1 Å². The summed E-state index contributed by atoms with van der Waals surface area (Å²) in [5, 5.41) is 9.50. The van der Waals surface area contributed by atoms with Gasteiger partial charge in [0.05, 0.1) is 17.8 Å². The van der Waals surface area contributed by atoms with Crippen LogP contribution in [0.4, 0.5) is 0 Å². The van der Waals surface area contributed by atoms with E-state index < -0.39 is 5.60 Å². The van der Waals surface area contributed by atoms with Gasteiger partial charge in [-0.1, -0.05) is 0 Å². The normalized spacial score (nSPS) is 12.9. The fraction of sp³-hybridized carbons (Fsp3) is 0.917. The molecule has 0 unspecified atom stereocenters. The molecule has 0 spiro atoms. The van der Waals surface area contributed by atoms with Crippen molar-refractivity contribution in [3.63, 3.8) is 0 Å². The number of hydrogen-bond acceptors (Lipinski definition) is 3. The second kappa shape index (κ2) is 5.61. The van der Waals surface area contributed by atoms with E-state index in [2.05, 4.69) is 0 Å². The minimum absolute atomic E-state index is 0.189. The van der Waals surface area contributed by atoms with Crippen molar-refractivity contribution < 1.29 is 14.6 Å². The third kappa shape index (κ3) is 9.88. The lowest BCUT2D eigenvalue weighted by molar-refractivity contribution is -0.119. The monoisotopic (exact) mass is 216 g/mol. The maximum atomic E-state index is 10.8. The van der Waals surface area contributed by atoms with Crippen LogP contribution < -0.4 is 0 Å². The largest absolute Gasteiger partial charge is 0.390 e. The van der Waals surface area contributed by atoms with Crippen molar-refractivity contribution in [3.05, 3.63) is 0 Å². The van der Waals surface area contributed by atoms with Crippen LogP contribution in [-0.4, -0.2) is 28.7 Å². The lowest BCUT2D eigenvalue weighted by Crippen LogP contribution is -2.29. The van der Waals surface area contributed by atoms with E-state index in [0.717, 1.165) is 6.42 Å². The number of aliphatic hydroxyl groups is 1. The van der Waals surface area contributed by atoms with Gasteiger partial charge in [0, 0.05) is 6.42 Å². The molecule has 3 nitrogen and oxygen atoms in total. The number of rotatable bonds is 7. The molecular weight excluding hydrogens is 192 g/mol. The van der Waals surface area contributed by atoms with E-state index >= 15 is 0 Å². The van der Waals surface area contributed by atoms with Crippen LogP contribution in [0.5, 0.6) is 0 Å². The Labute approximate surface area is 92.8 Å². The first-order valence-corrected chi connectivity index (χ1v) is 5.48. The zero-order valence-corrected chi connectivity index (χ0v) is 10.6. The molecule has 90 valence electrons. The lowest BCUT2D eigenvalue weighted by atomic mass is 10.0. The van der Waals surface area contributed by atoms with Crippen LogP contribution in [0, 0.1) is 0 Å². The zero-order chi connectivity index (χ0) is 12.1. The van der Waals surface area contributed by atoms with Crippen LogP contribution in [0.25, 0.3) is 0 Å². The number of carbonyl (C=O) groups is 1. The lowest BCUT2D eigenvalue weighted by Gasteiger charge is -2.27. The van der Waals surface area contributed by atoms with Gasteiger partial charge < -0.3 is 14.6 Å². The maximum absolute atomic E-state index is 10.8. The van der Waals surface area contributed by atoms with Gasteiger partial charge in [-0.2, -0.15) is 0 Å². The molecule has 0 saturated heterocycles. The molecule has 0 aliphatic heterocycles. The molecule has 3 heteroatoms. The molecule has 0 bridgehead atoms. The third-order valence-corrected chi connectivity index (χ3v) is 2.29. The first-order chi connectivity index (χ1) is 6.62. The Hall–Kier alpha value is -0.410. The number of ether oxygens (including phenoxy) is 1. The van der Waals surface area contributed by atoms with Crippen LogP contribution >= 0.6 is 0 Å². The molecule has 0 aliphatic carbocycles. The summed E-state index contributed by atoms with van der Waals surface area (Å²) >= 11 is 0. The summed E-state index contributed by atoms with van der Waals surface area (Å²) < 4.78 is 5.64. The Morgan fingerprint density at radius 3 is 2.13 bits per heavy atom. The van der Waals surface area contributed by atoms with Crippen molar-refractivity contribution in [2.75, 3.05) is 6.61 Å². The molecule has 0 radical (unpaired) electrons. The van der Waals surface area contributed by atoms with Gasteiger partial charge in [0.2, 0.25) is 0 Å². The second-order valence-corrected chi connectivity index (χ2v) is 5.37. The molecule has 0 aromatic rings. The number of hydrogen-bond donors (Lipinski definition) is 1. The molecule has 0 aromatic heterocycles. The van der Waals surface area contributed by atoms with Crippen molar-refractivity contribution in [1.82, 2.24) is 0 Å². The molecule has 0 saturated carbocycles. The van der Waals surface area contributed by atoms with Crippen molar-refractivity contribution in [2.24, 2.45) is 0 Å². The van der Waals surface area contributed by atoms with Crippen molar-refractivity contribution in [3.8, 4) is 0 Å². The quantitative estimate of drug-likeness (QED) is 0.710. The minimum Gasteiger partial charge on any atom is -0.390 e. The van der Waals surface area contributed by atoms with Gasteiger partial charge in [-0.3, -0.25) is 0 Å². The van der Waals surface area contributed by atoms with Gasteiger partial charge in [-0.05, 0) is 47.5 Å². The first kappa shape index (κ1) is 14.6. The molecule has 0 aromatic carbocycles. The number of ketones is 1. The Morgan fingerprint density at radius 1 is 1.20 bits per heavy atom. The van der Waals surface area contributed by atoms with Gasteiger partial charge in [-0.15, -0.1) is 0 Å². The van der Waals surface area contributed by atoms with E-state index in [9.17, 15) is 9.90 Å². The topological polar surface area (TPSA) is 46.5 Å². The van der Waals surface area contributed by atoms with Crippen molar-refractivity contribution >= 4 is 5.78 Å². The summed E-state index contributed by atoms with van der Waals surface area (Å²) in [6.07, 6.45) is 1.89. The highest BCUT2D eigenvalue weighted by molar-refractivity contribution is 5.75. The molecule has 1 N–H and O–H groups in total. The third-order valence-electron chi connectivity index (χ3n) is 2.29. The molecular formula is C12H24O3. The van der Waals surface area contributed by atoms with Crippen LogP contribution in [0.3, 0.4) is 0 Å². The summed E-state index contributed by atoms with van der Waals surface area (Å²) in [4.78, 5) is 10.8. The second-order valence-electron chi connectivity index (χ2n) is 5.37. The highest BCUT2D eigenvalue weighted by Gasteiger charge is 2.20. The standard InChI is InChI=1S/C12H24O3/c1-10(13)6-7-12(4,5)15-9-8-11(2,3)14/h14H,6-9H2,1-5H3. The molecule has 0 aliphatic rings. The van der Waals surface area contributed by atoms with E-state index in [1.807, 2.05) is 13.8 Å².